The number of halogens is 1. The summed E-state index contributed by atoms with van der Waals surface area (Å²) in [7, 11) is 1.53. The van der Waals surface area contributed by atoms with Crippen LogP contribution in [-0.2, 0) is 31.1 Å². The van der Waals surface area contributed by atoms with E-state index in [1.54, 1.807) is 6.07 Å². The Labute approximate surface area is 194 Å². The second-order valence-electron chi connectivity index (χ2n) is 8.91. The molecule has 4 N–H and O–H groups in total. The van der Waals surface area contributed by atoms with Crippen molar-refractivity contribution in [2.24, 2.45) is 11.8 Å². The molecule has 4 unspecified atom stereocenters. The summed E-state index contributed by atoms with van der Waals surface area (Å²) in [6.07, 6.45) is 0.640. The molecule has 3 aliphatic rings. The van der Waals surface area contributed by atoms with Crippen molar-refractivity contribution in [3.8, 4) is 11.5 Å². The first kappa shape index (κ1) is 22.3. The lowest BCUT2D eigenvalue weighted by atomic mass is 9.76. The zero-order valence-corrected chi connectivity index (χ0v) is 18.4. The van der Waals surface area contributed by atoms with E-state index in [0.29, 0.717) is 29.8 Å². The standard InChI is InChI=1S/C24H24FN3O6/c1-34-8-2-7-28-21(31)19-16(9-12-3-6-17(29)18(30)10-12)27-24(20(19)22(28)32)14-11-13(25)4-5-15(14)26-23(24)33/h3-6,10-11,16,19-20,27,29-30H,2,7-9H2,1H3,(H,26,33). The van der Waals surface area contributed by atoms with Crippen LogP contribution < -0.4 is 10.6 Å². The van der Waals surface area contributed by atoms with Crippen LogP contribution in [0, 0.1) is 17.7 Å². The van der Waals surface area contributed by atoms with Crippen molar-refractivity contribution < 1.29 is 33.7 Å². The van der Waals surface area contributed by atoms with Gasteiger partial charge in [-0.3, -0.25) is 24.6 Å². The van der Waals surface area contributed by atoms with Crippen molar-refractivity contribution >= 4 is 23.4 Å². The van der Waals surface area contributed by atoms with Crippen LogP contribution in [0.25, 0.3) is 0 Å². The quantitative estimate of drug-likeness (QED) is 0.285. The number of anilines is 1. The molecule has 3 amide bonds. The van der Waals surface area contributed by atoms with E-state index in [1.165, 1.54) is 42.3 Å². The number of likely N-dealkylation sites (tertiary alicyclic amines) is 1. The maximum absolute atomic E-state index is 14.3. The molecular weight excluding hydrogens is 445 g/mol. The monoisotopic (exact) mass is 469 g/mol. The van der Waals surface area contributed by atoms with Gasteiger partial charge in [-0.1, -0.05) is 6.07 Å². The average Bonchev–Trinajstić information content (AvgIpc) is 3.37. The van der Waals surface area contributed by atoms with E-state index in [1.807, 2.05) is 0 Å². The number of carbonyl (C=O) groups excluding carboxylic acids is 3. The van der Waals surface area contributed by atoms with E-state index in [4.69, 9.17) is 4.74 Å². The lowest BCUT2D eigenvalue weighted by Crippen LogP contribution is -2.53. The van der Waals surface area contributed by atoms with Gasteiger partial charge in [0.1, 0.15) is 11.4 Å². The predicted molar refractivity (Wildman–Crippen MR) is 117 cm³/mol. The molecule has 178 valence electrons. The summed E-state index contributed by atoms with van der Waals surface area (Å²) < 4.78 is 19.3. The summed E-state index contributed by atoms with van der Waals surface area (Å²) in [4.78, 5) is 41.6. The minimum absolute atomic E-state index is 0.152. The third kappa shape index (κ3) is 3.17. The number of fused-ring (bicyclic) bond motifs is 4. The number of nitrogens with one attached hydrogen (secondary N) is 2. The van der Waals surface area contributed by atoms with Gasteiger partial charge < -0.3 is 20.3 Å². The van der Waals surface area contributed by atoms with Gasteiger partial charge >= 0.3 is 0 Å². The van der Waals surface area contributed by atoms with E-state index in [0.717, 1.165) is 0 Å². The predicted octanol–water partition coefficient (Wildman–Crippen LogP) is 1.24. The summed E-state index contributed by atoms with van der Waals surface area (Å²) in [6.45, 7) is 0.513. The third-order valence-electron chi connectivity index (χ3n) is 6.99. The molecule has 34 heavy (non-hydrogen) atoms. The molecule has 1 spiro atoms. The number of rotatable bonds is 6. The fraction of sp³-hybridized carbons (Fsp3) is 0.375. The first-order chi connectivity index (χ1) is 16.3. The summed E-state index contributed by atoms with van der Waals surface area (Å²) in [6, 6.07) is 7.53. The van der Waals surface area contributed by atoms with E-state index in [9.17, 15) is 29.0 Å². The van der Waals surface area contributed by atoms with E-state index < -0.39 is 47.0 Å². The van der Waals surface area contributed by atoms with Crippen molar-refractivity contribution in [2.45, 2.75) is 24.4 Å². The average molecular weight is 469 g/mol. The number of phenols is 2. The van der Waals surface area contributed by atoms with Crippen LogP contribution in [0.3, 0.4) is 0 Å². The van der Waals surface area contributed by atoms with Crippen molar-refractivity contribution in [3.05, 3.63) is 53.3 Å². The third-order valence-corrected chi connectivity index (χ3v) is 6.99. The SMILES string of the molecule is COCCCN1C(=O)C2C(Cc3ccc(O)c(O)c3)NC3(C(=O)Nc4ccc(F)cc43)C2C1=O. The maximum Gasteiger partial charge on any atom is 0.250 e. The molecule has 0 saturated carbocycles. The molecule has 4 atom stereocenters. The number of amides is 3. The Hall–Kier alpha value is -3.50. The van der Waals surface area contributed by atoms with Crippen LogP contribution in [0.15, 0.2) is 36.4 Å². The molecule has 10 heteroatoms. The van der Waals surface area contributed by atoms with Crippen LogP contribution in [0.2, 0.25) is 0 Å². The molecule has 0 bridgehead atoms. The normalized spacial score (nSPS) is 27.4. The highest BCUT2D eigenvalue weighted by atomic mass is 19.1. The molecule has 3 aliphatic heterocycles. The highest BCUT2D eigenvalue weighted by molar-refractivity contribution is 6.15. The first-order valence-corrected chi connectivity index (χ1v) is 11.0. The molecule has 2 aromatic rings. The van der Waals surface area contributed by atoms with E-state index in [2.05, 4.69) is 10.6 Å². The van der Waals surface area contributed by atoms with Crippen molar-refractivity contribution in [2.75, 3.05) is 25.6 Å². The summed E-state index contributed by atoms with van der Waals surface area (Å²) in [5.41, 5.74) is -0.323. The Morgan fingerprint density at radius 1 is 1.09 bits per heavy atom. The van der Waals surface area contributed by atoms with Crippen LogP contribution in [0.5, 0.6) is 11.5 Å². The van der Waals surface area contributed by atoms with Gasteiger partial charge in [-0.2, -0.15) is 0 Å². The highest BCUT2D eigenvalue weighted by Gasteiger charge is 2.70. The molecule has 2 saturated heterocycles. The Morgan fingerprint density at radius 2 is 1.88 bits per heavy atom. The van der Waals surface area contributed by atoms with Crippen molar-refractivity contribution in [1.29, 1.82) is 0 Å². The molecule has 3 heterocycles. The number of ether oxygens (including phenoxy) is 1. The molecule has 0 aliphatic carbocycles. The Balaban J connectivity index is 1.58. The molecular formula is C24H24FN3O6. The lowest BCUT2D eigenvalue weighted by Gasteiger charge is -2.29. The van der Waals surface area contributed by atoms with Gasteiger partial charge in [0.15, 0.2) is 11.5 Å². The molecule has 0 radical (unpaired) electrons. The van der Waals surface area contributed by atoms with Crippen LogP contribution in [0.1, 0.15) is 17.5 Å². The summed E-state index contributed by atoms with van der Waals surface area (Å²) in [5.74, 6) is -4.49. The lowest BCUT2D eigenvalue weighted by molar-refractivity contribution is -0.143. The Bertz CT molecular complexity index is 1200. The molecule has 0 aromatic heterocycles. The number of aromatic hydroxyl groups is 2. The number of nitrogens with zero attached hydrogens (tertiary/aromatic N) is 1. The smallest absolute Gasteiger partial charge is 0.250 e. The topological polar surface area (TPSA) is 128 Å². The van der Waals surface area contributed by atoms with Crippen LogP contribution in [0.4, 0.5) is 10.1 Å². The zero-order valence-electron chi connectivity index (χ0n) is 18.4. The Morgan fingerprint density at radius 3 is 2.62 bits per heavy atom. The number of carbonyl (C=O) groups is 3. The Kier molecular flexibility index (Phi) is 5.29. The molecule has 2 fully saturated rings. The largest absolute Gasteiger partial charge is 0.504 e. The fourth-order valence-corrected chi connectivity index (χ4v) is 5.55. The van der Waals surface area contributed by atoms with Crippen LogP contribution in [-0.4, -0.2) is 59.1 Å². The van der Waals surface area contributed by atoms with Gasteiger partial charge in [0.2, 0.25) is 17.7 Å². The minimum atomic E-state index is -1.60. The van der Waals surface area contributed by atoms with Gasteiger partial charge in [0.25, 0.3) is 0 Å². The van der Waals surface area contributed by atoms with Crippen molar-refractivity contribution in [1.82, 2.24) is 10.2 Å². The van der Waals surface area contributed by atoms with Crippen molar-refractivity contribution in [3.63, 3.8) is 0 Å². The number of methoxy groups -OCH3 is 1. The van der Waals surface area contributed by atoms with Gasteiger partial charge in [-0.15, -0.1) is 0 Å². The number of imide groups is 1. The summed E-state index contributed by atoms with van der Waals surface area (Å²) in [5, 5.41) is 25.5. The summed E-state index contributed by atoms with van der Waals surface area (Å²) >= 11 is 0. The minimum Gasteiger partial charge on any atom is -0.504 e. The van der Waals surface area contributed by atoms with Gasteiger partial charge in [-0.05, 0) is 48.7 Å². The van der Waals surface area contributed by atoms with Gasteiger partial charge in [0.05, 0.1) is 11.8 Å². The van der Waals surface area contributed by atoms with Gasteiger partial charge in [0, 0.05) is 37.6 Å². The number of hydrogen-bond donors (Lipinski definition) is 4. The van der Waals surface area contributed by atoms with Gasteiger partial charge in [-0.25, -0.2) is 4.39 Å². The second kappa shape index (κ2) is 8.07. The highest BCUT2D eigenvalue weighted by Crippen LogP contribution is 2.53. The molecule has 9 nitrogen and oxygen atoms in total. The number of hydrogen-bond acceptors (Lipinski definition) is 7. The molecule has 5 rings (SSSR count). The second-order valence-corrected chi connectivity index (χ2v) is 8.91. The maximum atomic E-state index is 14.3. The van der Waals surface area contributed by atoms with E-state index >= 15 is 0 Å². The fourth-order valence-electron chi connectivity index (χ4n) is 5.55. The van der Waals surface area contributed by atoms with Crippen LogP contribution >= 0.6 is 0 Å². The first-order valence-electron chi connectivity index (χ1n) is 11.0. The zero-order chi connectivity index (χ0) is 24.2. The molecule has 2 aromatic carbocycles. The number of benzene rings is 2. The number of phenolic OH excluding ortho intramolecular Hbond substituents is 2. The van der Waals surface area contributed by atoms with E-state index in [-0.39, 0.29) is 24.5 Å².